The van der Waals surface area contributed by atoms with Gasteiger partial charge in [-0.05, 0) is 24.3 Å². The van der Waals surface area contributed by atoms with Crippen molar-refractivity contribution < 1.29 is 9.53 Å². The van der Waals surface area contributed by atoms with E-state index in [-0.39, 0.29) is 12.0 Å². The van der Waals surface area contributed by atoms with Gasteiger partial charge in [-0.1, -0.05) is 5.21 Å². The van der Waals surface area contributed by atoms with Crippen LogP contribution in [0.5, 0.6) is 0 Å². The van der Waals surface area contributed by atoms with Crippen molar-refractivity contribution in [2.24, 2.45) is 0 Å². The second-order valence-electron chi connectivity index (χ2n) is 4.36. The van der Waals surface area contributed by atoms with Gasteiger partial charge in [-0.25, -0.2) is 4.68 Å². The standard InChI is InChI=1S/C12H14N4O2S/c17-12(11-2-1-4-18-11)13-6-9-7-16(15-14-9)10-3-5-19-8-10/h3,5,7-8,11H,1-2,4,6H2,(H,13,17). The molecule has 0 bridgehead atoms. The Bertz CT molecular complexity index is 546. The van der Waals surface area contributed by atoms with Crippen LogP contribution >= 0.6 is 11.3 Å². The van der Waals surface area contributed by atoms with E-state index in [0.717, 1.165) is 24.2 Å². The smallest absolute Gasteiger partial charge is 0.249 e. The molecule has 0 aliphatic carbocycles. The monoisotopic (exact) mass is 278 g/mol. The summed E-state index contributed by atoms with van der Waals surface area (Å²) in [5, 5.41) is 14.9. The summed E-state index contributed by atoms with van der Waals surface area (Å²) in [7, 11) is 0. The van der Waals surface area contributed by atoms with Gasteiger partial charge in [0.2, 0.25) is 5.91 Å². The van der Waals surface area contributed by atoms with E-state index in [1.807, 2.05) is 23.0 Å². The molecular weight excluding hydrogens is 264 g/mol. The van der Waals surface area contributed by atoms with Crippen LogP contribution in [-0.2, 0) is 16.1 Å². The summed E-state index contributed by atoms with van der Waals surface area (Å²) >= 11 is 1.60. The zero-order valence-corrected chi connectivity index (χ0v) is 11.1. The molecule has 1 aliphatic rings. The van der Waals surface area contributed by atoms with Crippen molar-refractivity contribution in [2.75, 3.05) is 6.61 Å². The minimum absolute atomic E-state index is 0.0671. The maximum atomic E-state index is 11.8. The van der Waals surface area contributed by atoms with Crippen molar-refractivity contribution in [2.45, 2.75) is 25.5 Å². The Morgan fingerprint density at radius 1 is 1.63 bits per heavy atom. The topological polar surface area (TPSA) is 69.0 Å². The first-order valence-corrected chi connectivity index (χ1v) is 7.10. The summed E-state index contributed by atoms with van der Waals surface area (Å²) in [4.78, 5) is 11.8. The van der Waals surface area contributed by atoms with Crippen LogP contribution in [0.2, 0.25) is 0 Å². The third kappa shape index (κ3) is 2.82. The Balaban J connectivity index is 1.57. The van der Waals surface area contributed by atoms with Crippen LogP contribution in [0, 0.1) is 0 Å². The Labute approximate surface area is 114 Å². The fourth-order valence-electron chi connectivity index (χ4n) is 1.97. The first-order valence-electron chi connectivity index (χ1n) is 6.16. The number of hydrogen-bond acceptors (Lipinski definition) is 5. The average molecular weight is 278 g/mol. The summed E-state index contributed by atoms with van der Waals surface area (Å²) in [5.41, 5.74) is 1.71. The van der Waals surface area contributed by atoms with Crippen molar-refractivity contribution in [3.05, 3.63) is 28.7 Å². The lowest BCUT2D eigenvalue weighted by molar-refractivity contribution is -0.130. The Hall–Kier alpha value is -1.73. The Morgan fingerprint density at radius 2 is 2.58 bits per heavy atom. The molecular formula is C12H14N4O2S. The molecule has 1 unspecified atom stereocenters. The number of aromatic nitrogens is 3. The molecule has 0 radical (unpaired) electrons. The molecule has 0 spiro atoms. The molecule has 3 rings (SSSR count). The van der Waals surface area contributed by atoms with Gasteiger partial charge >= 0.3 is 0 Å². The first-order chi connectivity index (χ1) is 9.33. The largest absolute Gasteiger partial charge is 0.368 e. The fraction of sp³-hybridized carbons (Fsp3) is 0.417. The van der Waals surface area contributed by atoms with Gasteiger partial charge in [0.05, 0.1) is 18.4 Å². The predicted octanol–water partition coefficient (Wildman–Crippen LogP) is 1.12. The summed E-state index contributed by atoms with van der Waals surface area (Å²) in [6.45, 7) is 1.05. The third-order valence-electron chi connectivity index (χ3n) is 2.98. The highest BCUT2D eigenvalue weighted by molar-refractivity contribution is 7.08. The minimum atomic E-state index is -0.299. The highest BCUT2D eigenvalue weighted by Crippen LogP contribution is 2.13. The van der Waals surface area contributed by atoms with Crippen LogP contribution in [0.3, 0.4) is 0 Å². The van der Waals surface area contributed by atoms with E-state index in [9.17, 15) is 4.79 Å². The lowest BCUT2D eigenvalue weighted by Crippen LogP contribution is -2.33. The lowest BCUT2D eigenvalue weighted by atomic mass is 10.2. The number of amides is 1. The predicted molar refractivity (Wildman–Crippen MR) is 70.1 cm³/mol. The number of rotatable bonds is 4. The molecule has 1 aliphatic heterocycles. The van der Waals surface area contributed by atoms with Gasteiger partial charge < -0.3 is 10.1 Å². The van der Waals surface area contributed by atoms with Crippen LogP contribution in [0.15, 0.2) is 23.0 Å². The van der Waals surface area contributed by atoms with Crippen LogP contribution in [0.4, 0.5) is 0 Å². The van der Waals surface area contributed by atoms with E-state index in [4.69, 9.17) is 4.74 Å². The molecule has 1 saturated heterocycles. The minimum Gasteiger partial charge on any atom is -0.368 e. The number of thiophene rings is 1. The molecule has 0 saturated carbocycles. The molecule has 19 heavy (non-hydrogen) atoms. The van der Waals surface area contributed by atoms with Crippen molar-refractivity contribution >= 4 is 17.2 Å². The van der Waals surface area contributed by atoms with Crippen molar-refractivity contribution in [3.8, 4) is 5.69 Å². The highest BCUT2D eigenvalue weighted by Gasteiger charge is 2.23. The van der Waals surface area contributed by atoms with Gasteiger partial charge in [-0.3, -0.25) is 4.79 Å². The van der Waals surface area contributed by atoms with E-state index < -0.39 is 0 Å². The van der Waals surface area contributed by atoms with E-state index in [1.165, 1.54) is 0 Å². The number of carbonyl (C=O) groups excluding carboxylic acids is 1. The Kier molecular flexibility index (Phi) is 3.56. The normalized spacial score (nSPS) is 18.6. The lowest BCUT2D eigenvalue weighted by Gasteiger charge is -2.08. The zero-order valence-electron chi connectivity index (χ0n) is 10.3. The maximum absolute atomic E-state index is 11.8. The van der Waals surface area contributed by atoms with Gasteiger partial charge in [0.25, 0.3) is 0 Å². The molecule has 1 amide bonds. The summed E-state index contributed by atoms with van der Waals surface area (Å²) in [6.07, 6.45) is 3.27. The molecule has 1 atom stereocenters. The number of hydrogen-bond donors (Lipinski definition) is 1. The molecule has 7 heteroatoms. The van der Waals surface area contributed by atoms with Gasteiger partial charge in [-0.2, -0.15) is 11.3 Å². The van der Waals surface area contributed by atoms with E-state index >= 15 is 0 Å². The quantitative estimate of drug-likeness (QED) is 0.910. The van der Waals surface area contributed by atoms with Gasteiger partial charge in [0.15, 0.2) is 0 Å². The van der Waals surface area contributed by atoms with Crippen molar-refractivity contribution in [1.29, 1.82) is 0 Å². The number of ether oxygens (including phenoxy) is 1. The third-order valence-corrected chi connectivity index (χ3v) is 3.65. The average Bonchev–Trinajstić information content (AvgIpc) is 3.14. The summed E-state index contributed by atoms with van der Waals surface area (Å²) < 4.78 is 7.01. The molecule has 2 aromatic rings. The number of nitrogens with zero attached hydrogens (tertiary/aromatic N) is 3. The molecule has 2 aromatic heterocycles. The summed E-state index contributed by atoms with van der Waals surface area (Å²) in [6, 6.07) is 1.97. The van der Waals surface area contributed by atoms with Crippen molar-refractivity contribution in [1.82, 2.24) is 20.3 Å². The van der Waals surface area contributed by atoms with Gasteiger partial charge in [0.1, 0.15) is 11.8 Å². The van der Waals surface area contributed by atoms with Gasteiger partial charge in [0, 0.05) is 12.0 Å². The first kappa shape index (κ1) is 12.3. The van der Waals surface area contributed by atoms with Crippen LogP contribution in [-0.4, -0.2) is 33.6 Å². The summed E-state index contributed by atoms with van der Waals surface area (Å²) in [5.74, 6) is -0.0671. The van der Waals surface area contributed by atoms with E-state index in [2.05, 4.69) is 15.6 Å². The second-order valence-corrected chi connectivity index (χ2v) is 5.14. The SMILES string of the molecule is O=C(NCc1cn(-c2ccsc2)nn1)C1CCCO1. The zero-order chi connectivity index (χ0) is 13.1. The maximum Gasteiger partial charge on any atom is 0.249 e. The highest BCUT2D eigenvalue weighted by atomic mass is 32.1. The molecule has 100 valence electrons. The molecule has 6 nitrogen and oxygen atoms in total. The molecule has 1 N–H and O–H groups in total. The Morgan fingerprint density at radius 3 is 3.32 bits per heavy atom. The van der Waals surface area contributed by atoms with Crippen LogP contribution in [0.1, 0.15) is 18.5 Å². The van der Waals surface area contributed by atoms with Crippen LogP contribution < -0.4 is 5.32 Å². The van der Waals surface area contributed by atoms with Crippen molar-refractivity contribution in [3.63, 3.8) is 0 Å². The van der Waals surface area contributed by atoms with E-state index in [1.54, 1.807) is 16.0 Å². The van der Waals surface area contributed by atoms with Gasteiger partial charge in [-0.15, -0.1) is 5.10 Å². The second kappa shape index (κ2) is 5.50. The fourth-order valence-corrected chi connectivity index (χ4v) is 2.59. The van der Waals surface area contributed by atoms with Crippen LogP contribution in [0.25, 0.3) is 5.69 Å². The molecule has 0 aromatic carbocycles. The van der Waals surface area contributed by atoms with E-state index in [0.29, 0.717) is 13.2 Å². The number of carbonyl (C=O) groups is 1. The molecule has 1 fully saturated rings. The number of nitrogens with one attached hydrogen (secondary N) is 1. The molecule has 3 heterocycles.